The molecule has 3 aromatic rings. The largest absolute Gasteiger partial charge is 0.460 e. The number of benzene rings is 2. The first kappa shape index (κ1) is 23.9. The van der Waals surface area contributed by atoms with Crippen molar-refractivity contribution in [3.05, 3.63) is 81.0 Å². The van der Waals surface area contributed by atoms with Crippen molar-refractivity contribution < 1.29 is 27.2 Å². The van der Waals surface area contributed by atoms with Gasteiger partial charge in [0, 0.05) is 41.1 Å². The summed E-state index contributed by atoms with van der Waals surface area (Å²) in [6.07, 6.45) is 1.41. The highest BCUT2D eigenvalue weighted by Gasteiger charge is 2.13. The zero-order valence-electron chi connectivity index (χ0n) is 18.0. The standard InChI is InChI=1S/C23H22N2O7S/c1-15-3-5-17(6-4-15)9-10-33(29,30)24-13-23(28)31-14-18-11-22(27)32-21-12-19(25-16(2)26)7-8-20(18)21/h3-12,24H,13-14H2,1-2H3,(H,25,26)/b10-9+. The lowest BCUT2D eigenvalue weighted by Gasteiger charge is -2.09. The van der Waals surface area contributed by atoms with E-state index >= 15 is 0 Å². The van der Waals surface area contributed by atoms with E-state index < -0.39 is 28.2 Å². The van der Waals surface area contributed by atoms with Gasteiger partial charge < -0.3 is 14.5 Å². The quantitative estimate of drug-likeness (QED) is 0.382. The molecule has 1 amide bonds. The van der Waals surface area contributed by atoms with Gasteiger partial charge in [-0.15, -0.1) is 0 Å². The molecule has 0 atom stereocenters. The Bertz CT molecular complexity index is 1370. The number of sulfonamides is 1. The molecule has 2 aromatic carbocycles. The minimum Gasteiger partial charge on any atom is -0.460 e. The van der Waals surface area contributed by atoms with Crippen LogP contribution in [0, 0.1) is 6.92 Å². The fourth-order valence-corrected chi connectivity index (χ4v) is 3.64. The van der Waals surface area contributed by atoms with Gasteiger partial charge in [-0.3, -0.25) is 9.59 Å². The zero-order chi connectivity index (χ0) is 24.0. The van der Waals surface area contributed by atoms with Crippen molar-refractivity contribution in [2.45, 2.75) is 20.5 Å². The number of carbonyl (C=O) groups is 2. The SMILES string of the molecule is CC(=O)Nc1ccc2c(COC(=O)CNS(=O)(=O)/C=C/c3ccc(C)cc3)cc(=O)oc2c1. The van der Waals surface area contributed by atoms with Crippen LogP contribution in [-0.2, 0) is 31.0 Å². The van der Waals surface area contributed by atoms with E-state index in [0.29, 0.717) is 22.2 Å². The smallest absolute Gasteiger partial charge is 0.336 e. The van der Waals surface area contributed by atoms with Crippen LogP contribution in [0.2, 0.25) is 0 Å². The van der Waals surface area contributed by atoms with Crippen molar-refractivity contribution in [3.8, 4) is 0 Å². The van der Waals surface area contributed by atoms with E-state index in [4.69, 9.17) is 9.15 Å². The van der Waals surface area contributed by atoms with Gasteiger partial charge in [0.2, 0.25) is 15.9 Å². The summed E-state index contributed by atoms with van der Waals surface area (Å²) < 4.78 is 36.6. The van der Waals surface area contributed by atoms with Crippen molar-refractivity contribution in [1.29, 1.82) is 0 Å². The normalized spacial score (nSPS) is 11.6. The number of nitrogens with one attached hydrogen (secondary N) is 2. The van der Waals surface area contributed by atoms with Crippen molar-refractivity contribution in [1.82, 2.24) is 4.72 Å². The van der Waals surface area contributed by atoms with E-state index in [1.54, 1.807) is 24.3 Å². The van der Waals surface area contributed by atoms with Gasteiger partial charge in [0.1, 0.15) is 18.7 Å². The molecule has 3 rings (SSSR count). The van der Waals surface area contributed by atoms with Crippen LogP contribution in [0.25, 0.3) is 17.0 Å². The first-order chi connectivity index (χ1) is 15.6. The monoisotopic (exact) mass is 470 g/mol. The second-order valence-electron chi connectivity index (χ2n) is 7.22. The Balaban J connectivity index is 1.61. The number of anilines is 1. The van der Waals surface area contributed by atoms with Crippen molar-refractivity contribution in [2.24, 2.45) is 0 Å². The number of rotatable bonds is 8. The molecule has 1 aromatic heterocycles. The summed E-state index contributed by atoms with van der Waals surface area (Å²) in [6, 6.07) is 13.1. The topological polar surface area (TPSA) is 132 Å². The van der Waals surface area contributed by atoms with Crippen LogP contribution < -0.4 is 15.7 Å². The number of fused-ring (bicyclic) bond motifs is 1. The van der Waals surface area contributed by atoms with E-state index in [2.05, 4.69) is 10.0 Å². The van der Waals surface area contributed by atoms with Crippen LogP contribution >= 0.6 is 0 Å². The molecule has 33 heavy (non-hydrogen) atoms. The van der Waals surface area contributed by atoms with E-state index in [9.17, 15) is 22.8 Å². The van der Waals surface area contributed by atoms with Crippen LogP contribution in [0.1, 0.15) is 23.6 Å². The Kier molecular flexibility index (Phi) is 7.41. The van der Waals surface area contributed by atoms with Crippen LogP contribution in [0.3, 0.4) is 0 Å². The number of carbonyl (C=O) groups excluding carboxylic acids is 2. The fraction of sp³-hybridized carbons (Fsp3) is 0.174. The molecule has 2 N–H and O–H groups in total. The molecule has 0 saturated carbocycles. The van der Waals surface area contributed by atoms with Gasteiger partial charge in [-0.25, -0.2) is 17.9 Å². The molecule has 172 valence electrons. The van der Waals surface area contributed by atoms with Crippen LogP contribution in [0.5, 0.6) is 0 Å². The molecule has 0 radical (unpaired) electrons. The summed E-state index contributed by atoms with van der Waals surface area (Å²) in [5.41, 5.74) is 2.13. The summed E-state index contributed by atoms with van der Waals surface area (Å²) in [5, 5.41) is 4.06. The molecule has 0 unspecified atom stereocenters. The number of hydrogen-bond acceptors (Lipinski definition) is 7. The van der Waals surface area contributed by atoms with Gasteiger partial charge in [0.05, 0.1) is 0 Å². The van der Waals surface area contributed by atoms with Gasteiger partial charge >= 0.3 is 11.6 Å². The Morgan fingerprint density at radius 1 is 1.09 bits per heavy atom. The van der Waals surface area contributed by atoms with Crippen molar-refractivity contribution in [2.75, 3.05) is 11.9 Å². The molecule has 1 heterocycles. The second kappa shape index (κ2) is 10.2. The van der Waals surface area contributed by atoms with Crippen LogP contribution in [-0.4, -0.2) is 26.8 Å². The highest BCUT2D eigenvalue weighted by Crippen LogP contribution is 2.22. The maximum atomic E-state index is 12.1. The van der Waals surface area contributed by atoms with Crippen molar-refractivity contribution >= 4 is 44.6 Å². The predicted molar refractivity (Wildman–Crippen MR) is 124 cm³/mol. The minimum absolute atomic E-state index is 0.210. The molecule has 0 bridgehead atoms. The van der Waals surface area contributed by atoms with Gasteiger partial charge in [0.25, 0.3) is 0 Å². The molecule has 9 nitrogen and oxygen atoms in total. The summed E-state index contributed by atoms with van der Waals surface area (Å²) in [7, 11) is -3.85. The zero-order valence-corrected chi connectivity index (χ0v) is 18.8. The summed E-state index contributed by atoms with van der Waals surface area (Å²) in [6.45, 7) is 2.43. The molecule has 0 aliphatic rings. The highest BCUT2D eigenvalue weighted by molar-refractivity contribution is 7.92. The van der Waals surface area contributed by atoms with E-state index in [0.717, 1.165) is 11.0 Å². The summed E-state index contributed by atoms with van der Waals surface area (Å²) in [5.74, 6) is -1.10. The van der Waals surface area contributed by atoms with Gasteiger partial charge in [-0.05, 0) is 30.7 Å². The number of aryl methyl sites for hydroxylation is 1. The number of hydrogen-bond donors (Lipinski definition) is 2. The third-order valence-electron chi connectivity index (χ3n) is 4.47. The predicted octanol–water partition coefficient (Wildman–Crippen LogP) is 2.69. The average Bonchev–Trinajstić information content (AvgIpc) is 2.75. The van der Waals surface area contributed by atoms with Crippen LogP contribution in [0.15, 0.2) is 63.2 Å². The molecular weight excluding hydrogens is 448 g/mol. The molecule has 10 heteroatoms. The lowest BCUT2D eigenvalue weighted by Crippen LogP contribution is -2.29. The van der Waals surface area contributed by atoms with Crippen molar-refractivity contribution in [3.63, 3.8) is 0 Å². The molecule has 0 aliphatic heterocycles. The third-order valence-corrected chi connectivity index (χ3v) is 5.52. The van der Waals surface area contributed by atoms with E-state index in [1.807, 2.05) is 19.1 Å². The first-order valence-electron chi connectivity index (χ1n) is 9.86. The number of ether oxygens (including phenoxy) is 1. The van der Waals surface area contributed by atoms with E-state index in [1.165, 1.54) is 25.1 Å². The summed E-state index contributed by atoms with van der Waals surface area (Å²) in [4.78, 5) is 35.1. The average molecular weight is 471 g/mol. The van der Waals surface area contributed by atoms with Gasteiger partial charge in [-0.1, -0.05) is 29.8 Å². The fourth-order valence-electron chi connectivity index (χ4n) is 2.89. The van der Waals surface area contributed by atoms with Crippen LogP contribution in [0.4, 0.5) is 5.69 Å². The lowest BCUT2D eigenvalue weighted by atomic mass is 10.1. The second-order valence-corrected chi connectivity index (χ2v) is 8.87. The molecule has 0 saturated heterocycles. The summed E-state index contributed by atoms with van der Waals surface area (Å²) >= 11 is 0. The first-order valence-corrected chi connectivity index (χ1v) is 11.4. The maximum Gasteiger partial charge on any atom is 0.336 e. The maximum absolute atomic E-state index is 12.1. The Morgan fingerprint density at radius 2 is 1.82 bits per heavy atom. The number of esters is 1. The Labute approximate surface area is 190 Å². The molecular formula is C23H22N2O7S. The van der Waals surface area contributed by atoms with Gasteiger partial charge in [-0.2, -0.15) is 0 Å². The molecule has 0 aliphatic carbocycles. The number of amides is 1. The van der Waals surface area contributed by atoms with E-state index in [-0.39, 0.29) is 18.1 Å². The lowest BCUT2D eigenvalue weighted by molar-refractivity contribution is -0.143. The highest BCUT2D eigenvalue weighted by atomic mass is 32.2. The Morgan fingerprint density at radius 3 is 2.52 bits per heavy atom. The molecule has 0 fully saturated rings. The van der Waals surface area contributed by atoms with Gasteiger partial charge in [0.15, 0.2) is 0 Å². The minimum atomic E-state index is -3.85. The third kappa shape index (κ3) is 7.13. The molecule has 0 spiro atoms. The Hall–Kier alpha value is -3.76.